The molecule has 0 aliphatic heterocycles. The number of aromatic carboxylic acids is 1. The Morgan fingerprint density at radius 3 is 2.50 bits per heavy atom. The number of halogens is 3. The fourth-order valence-electron chi connectivity index (χ4n) is 1.39. The van der Waals surface area contributed by atoms with Gasteiger partial charge in [-0.2, -0.15) is 13.2 Å². The maximum absolute atomic E-state index is 12.7. The zero-order valence-corrected chi connectivity index (χ0v) is 8.68. The Morgan fingerprint density at radius 2 is 1.94 bits per heavy atom. The summed E-state index contributed by atoms with van der Waals surface area (Å²) in [7, 11) is 0. The molecule has 0 fully saturated rings. The SMILES string of the molecule is O=C([O-])c1ncn(-c2ccccc2C(F)(F)F)n1. The van der Waals surface area contributed by atoms with Crippen LogP contribution in [0.4, 0.5) is 13.2 Å². The van der Waals surface area contributed by atoms with Crippen LogP contribution in [0.15, 0.2) is 30.6 Å². The van der Waals surface area contributed by atoms with Crippen molar-refractivity contribution in [2.75, 3.05) is 0 Å². The number of benzene rings is 1. The Kier molecular flexibility index (Phi) is 2.77. The minimum absolute atomic E-state index is 0.301. The summed E-state index contributed by atoms with van der Waals surface area (Å²) in [4.78, 5) is 13.8. The van der Waals surface area contributed by atoms with Crippen molar-refractivity contribution < 1.29 is 23.1 Å². The van der Waals surface area contributed by atoms with Gasteiger partial charge in [0, 0.05) is 0 Å². The number of para-hydroxylation sites is 1. The van der Waals surface area contributed by atoms with Gasteiger partial charge in [-0.15, -0.1) is 5.10 Å². The second kappa shape index (κ2) is 4.13. The number of nitrogens with zero attached hydrogens (tertiary/aromatic N) is 3. The molecule has 0 amide bonds. The van der Waals surface area contributed by atoms with Gasteiger partial charge in [-0.3, -0.25) is 0 Å². The van der Waals surface area contributed by atoms with Gasteiger partial charge in [-0.25, -0.2) is 9.67 Å². The predicted octanol–water partition coefficient (Wildman–Crippen LogP) is 0.650. The van der Waals surface area contributed by atoms with Gasteiger partial charge in [0.1, 0.15) is 12.3 Å². The van der Waals surface area contributed by atoms with Crippen LogP contribution in [0.3, 0.4) is 0 Å². The molecule has 0 unspecified atom stereocenters. The molecular formula is C10H5F3N3O2-. The molecule has 5 nitrogen and oxygen atoms in total. The molecule has 2 aromatic rings. The number of hydrogen-bond acceptors (Lipinski definition) is 4. The van der Waals surface area contributed by atoms with Crippen molar-refractivity contribution in [3.8, 4) is 5.69 Å². The number of carbonyl (C=O) groups excluding carboxylic acids is 1. The van der Waals surface area contributed by atoms with Crippen LogP contribution in [0.5, 0.6) is 0 Å². The third-order valence-electron chi connectivity index (χ3n) is 2.13. The number of carboxylic acid groups (broad SMARTS) is 1. The second-order valence-electron chi connectivity index (χ2n) is 3.32. The highest BCUT2D eigenvalue weighted by Gasteiger charge is 2.33. The molecule has 1 aromatic carbocycles. The van der Waals surface area contributed by atoms with Crippen LogP contribution in [0.1, 0.15) is 16.2 Å². The third-order valence-corrected chi connectivity index (χ3v) is 2.13. The molecule has 0 bridgehead atoms. The lowest BCUT2D eigenvalue weighted by atomic mass is 10.2. The van der Waals surface area contributed by atoms with Crippen LogP contribution in [0.2, 0.25) is 0 Å². The standard InChI is InChI=1S/C10H6F3N3O2/c11-10(12,13)6-3-1-2-4-7(6)16-5-14-8(15-16)9(17)18/h1-5H,(H,17,18)/p-1. The van der Waals surface area contributed by atoms with Crippen molar-refractivity contribution in [2.24, 2.45) is 0 Å². The Labute approximate surface area is 98.5 Å². The first-order valence-corrected chi connectivity index (χ1v) is 4.69. The van der Waals surface area contributed by atoms with E-state index in [2.05, 4.69) is 10.1 Å². The molecule has 8 heteroatoms. The molecular weight excluding hydrogens is 251 g/mol. The Morgan fingerprint density at radius 1 is 1.28 bits per heavy atom. The van der Waals surface area contributed by atoms with E-state index >= 15 is 0 Å². The lowest BCUT2D eigenvalue weighted by Crippen LogP contribution is -2.24. The minimum atomic E-state index is -4.57. The van der Waals surface area contributed by atoms with Crippen molar-refractivity contribution in [1.29, 1.82) is 0 Å². The van der Waals surface area contributed by atoms with E-state index in [0.29, 0.717) is 0 Å². The highest BCUT2D eigenvalue weighted by atomic mass is 19.4. The van der Waals surface area contributed by atoms with E-state index in [1.165, 1.54) is 12.1 Å². The van der Waals surface area contributed by atoms with Gasteiger partial charge in [0.15, 0.2) is 5.82 Å². The monoisotopic (exact) mass is 256 g/mol. The van der Waals surface area contributed by atoms with E-state index in [1.807, 2.05) is 0 Å². The maximum Gasteiger partial charge on any atom is 0.418 e. The zero-order valence-electron chi connectivity index (χ0n) is 8.68. The summed E-state index contributed by atoms with van der Waals surface area (Å²) < 4.78 is 38.9. The average molecular weight is 256 g/mol. The lowest BCUT2D eigenvalue weighted by molar-refractivity contribution is -0.256. The Balaban J connectivity index is 2.53. The summed E-state index contributed by atoms with van der Waals surface area (Å²) in [5.74, 6) is -2.33. The van der Waals surface area contributed by atoms with E-state index < -0.39 is 23.5 Å². The molecule has 0 aliphatic rings. The largest absolute Gasteiger partial charge is 0.541 e. The molecule has 0 radical (unpaired) electrons. The molecule has 0 atom stereocenters. The fourth-order valence-corrected chi connectivity index (χ4v) is 1.39. The van der Waals surface area contributed by atoms with Gasteiger partial charge in [0.25, 0.3) is 0 Å². The summed E-state index contributed by atoms with van der Waals surface area (Å²) in [5.41, 5.74) is -1.23. The van der Waals surface area contributed by atoms with E-state index in [1.54, 1.807) is 0 Å². The van der Waals surface area contributed by atoms with E-state index in [9.17, 15) is 23.1 Å². The van der Waals surface area contributed by atoms with Crippen LogP contribution in [0, 0.1) is 0 Å². The van der Waals surface area contributed by atoms with Gasteiger partial charge in [0.05, 0.1) is 11.3 Å². The van der Waals surface area contributed by atoms with Crippen LogP contribution in [0.25, 0.3) is 5.69 Å². The highest BCUT2D eigenvalue weighted by molar-refractivity contribution is 5.80. The molecule has 0 aliphatic carbocycles. The average Bonchev–Trinajstić information content (AvgIpc) is 2.77. The summed E-state index contributed by atoms with van der Waals surface area (Å²) in [6.07, 6.45) is -3.68. The number of alkyl halides is 3. The first kappa shape index (κ1) is 12.1. The van der Waals surface area contributed by atoms with Crippen molar-refractivity contribution in [2.45, 2.75) is 6.18 Å². The highest BCUT2D eigenvalue weighted by Crippen LogP contribution is 2.33. The van der Waals surface area contributed by atoms with Crippen molar-refractivity contribution >= 4 is 5.97 Å². The topological polar surface area (TPSA) is 70.8 Å². The molecule has 1 aromatic heterocycles. The predicted molar refractivity (Wildman–Crippen MR) is 50.7 cm³/mol. The smallest absolute Gasteiger partial charge is 0.418 e. The quantitative estimate of drug-likeness (QED) is 0.790. The number of carbonyl (C=O) groups is 1. The molecule has 18 heavy (non-hydrogen) atoms. The molecule has 94 valence electrons. The molecule has 1 heterocycles. The van der Waals surface area contributed by atoms with Gasteiger partial charge < -0.3 is 9.90 Å². The van der Waals surface area contributed by atoms with Gasteiger partial charge in [-0.1, -0.05) is 12.1 Å². The molecule has 0 spiro atoms. The van der Waals surface area contributed by atoms with Gasteiger partial charge >= 0.3 is 6.18 Å². The second-order valence-corrected chi connectivity index (χ2v) is 3.32. The normalized spacial score (nSPS) is 11.5. The maximum atomic E-state index is 12.7. The molecule has 0 saturated heterocycles. The van der Waals surface area contributed by atoms with Crippen molar-refractivity contribution in [3.05, 3.63) is 42.0 Å². The van der Waals surface area contributed by atoms with E-state index in [4.69, 9.17) is 0 Å². The van der Waals surface area contributed by atoms with Crippen molar-refractivity contribution in [3.63, 3.8) is 0 Å². The van der Waals surface area contributed by atoms with Gasteiger partial charge in [-0.05, 0) is 12.1 Å². The molecule has 0 N–H and O–H groups in total. The summed E-state index contributed by atoms with van der Waals surface area (Å²) in [6.45, 7) is 0. The molecule has 0 saturated carbocycles. The van der Waals surface area contributed by atoms with Crippen LogP contribution >= 0.6 is 0 Å². The summed E-state index contributed by atoms with van der Waals surface area (Å²) in [5, 5.41) is 13.9. The van der Waals surface area contributed by atoms with E-state index in [-0.39, 0.29) is 5.69 Å². The minimum Gasteiger partial charge on any atom is -0.541 e. The first-order chi connectivity index (χ1) is 8.39. The fraction of sp³-hybridized carbons (Fsp3) is 0.100. The van der Waals surface area contributed by atoms with Crippen LogP contribution in [-0.4, -0.2) is 20.7 Å². The van der Waals surface area contributed by atoms with Crippen LogP contribution in [-0.2, 0) is 6.18 Å². The van der Waals surface area contributed by atoms with Crippen LogP contribution < -0.4 is 5.11 Å². The summed E-state index contributed by atoms with van der Waals surface area (Å²) in [6, 6.07) is 4.64. The number of carboxylic acids is 1. The Hall–Kier alpha value is -2.38. The van der Waals surface area contributed by atoms with E-state index in [0.717, 1.165) is 23.1 Å². The zero-order chi connectivity index (χ0) is 13.3. The number of hydrogen-bond donors (Lipinski definition) is 0. The third kappa shape index (κ3) is 2.17. The number of aromatic nitrogens is 3. The van der Waals surface area contributed by atoms with Crippen molar-refractivity contribution in [1.82, 2.24) is 14.8 Å². The number of rotatable bonds is 2. The van der Waals surface area contributed by atoms with Gasteiger partial charge in [0.2, 0.25) is 0 Å². The lowest BCUT2D eigenvalue weighted by Gasteiger charge is -2.11. The molecule has 2 rings (SSSR count). The first-order valence-electron chi connectivity index (χ1n) is 4.69. The Bertz CT molecular complexity index is 592. The summed E-state index contributed by atoms with van der Waals surface area (Å²) >= 11 is 0.